The van der Waals surface area contributed by atoms with Crippen molar-refractivity contribution in [1.82, 2.24) is 15.7 Å². The first kappa shape index (κ1) is 23.3. The van der Waals surface area contributed by atoms with E-state index in [1.807, 2.05) is 56.3 Å². The van der Waals surface area contributed by atoms with E-state index in [1.54, 1.807) is 19.2 Å². The number of piperazine rings is 1. The van der Waals surface area contributed by atoms with Crippen LogP contribution in [0.15, 0.2) is 54.6 Å². The number of rotatable bonds is 9. The van der Waals surface area contributed by atoms with Gasteiger partial charge in [-0.3, -0.25) is 19.2 Å². The summed E-state index contributed by atoms with van der Waals surface area (Å²) < 4.78 is 5.18. The predicted molar refractivity (Wildman–Crippen MR) is 118 cm³/mol. The molecule has 170 valence electrons. The Morgan fingerprint density at radius 1 is 1.09 bits per heavy atom. The van der Waals surface area contributed by atoms with Gasteiger partial charge in [0.2, 0.25) is 5.91 Å². The van der Waals surface area contributed by atoms with Crippen molar-refractivity contribution < 1.29 is 24.0 Å². The van der Waals surface area contributed by atoms with E-state index in [1.165, 1.54) is 0 Å². The van der Waals surface area contributed by atoms with E-state index in [0.717, 1.165) is 16.2 Å². The van der Waals surface area contributed by atoms with Crippen LogP contribution in [0.25, 0.3) is 0 Å². The molecule has 3 rings (SSSR count). The molecule has 8 nitrogen and oxygen atoms in total. The zero-order valence-electron chi connectivity index (χ0n) is 18.5. The summed E-state index contributed by atoms with van der Waals surface area (Å²) in [5.74, 6) is -0.777. The minimum atomic E-state index is -1.35. The summed E-state index contributed by atoms with van der Waals surface area (Å²) in [7, 11) is 1.56. The highest BCUT2D eigenvalue weighted by molar-refractivity contribution is 6.10. The number of nitrogens with zero attached hydrogens (tertiary/aromatic N) is 1. The van der Waals surface area contributed by atoms with Crippen LogP contribution in [0, 0.1) is 5.92 Å². The van der Waals surface area contributed by atoms with Gasteiger partial charge in [-0.05, 0) is 35.6 Å². The lowest BCUT2D eigenvalue weighted by Gasteiger charge is -2.37. The molecule has 1 aliphatic heterocycles. The molecule has 1 fully saturated rings. The first-order valence-electron chi connectivity index (χ1n) is 10.6. The Morgan fingerprint density at radius 3 is 2.50 bits per heavy atom. The van der Waals surface area contributed by atoms with Crippen LogP contribution in [-0.4, -0.2) is 42.0 Å². The van der Waals surface area contributed by atoms with Crippen LogP contribution in [0.4, 0.5) is 0 Å². The van der Waals surface area contributed by atoms with Gasteiger partial charge in [-0.2, -0.15) is 0 Å². The normalized spacial score (nSPS) is 18.4. The lowest BCUT2D eigenvalue weighted by atomic mass is 9.99. The molecule has 2 N–H and O–H groups in total. The highest BCUT2D eigenvalue weighted by atomic mass is 16.7. The second-order valence-electron chi connectivity index (χ2n) is 8.08. The summed E-state index contributed by atoms with van der Waals surface area (Å²) >= 11 is 0. The van der Waals surface area contributed by atoms with E-state index in [2.05, 4.69) is 10.6 Å². The number of nitrogens with one attached hydrogen (secondary N) is 2. The summed E-state index contributed by atoms with van der Waals surface area (Å²) in [5.41, 5.74) is 1.66. The molecule has 1 saturated heterocycles. The lowest BCUT2D eigenvalue weighted by molar-refractivity contribution is -0.216. The van der Waals surface area contributed by atoms with E-state index < -0.39 is 29.8 Å². The number of hydrogen-bond acceptors (Lipinski definition) is 5. The van der Waals surface area contributed by atoms with Crippen molar-refractivity contribution in [2.75, 3.05) is 7.11 Å². The monoisotopic (exact) mass is 439 g/mol. The van der Waals surface area contributed by atoms with Crippen molar-refractivity contribution >= 4 is 17.7 Å². The zero-order valence-corrected chi connectivity index (χ0v) is 18.5. The van der Waals surface area contributed by atoms with Gasteiger partial charge in [-0.1, -0.05) is 56.3 Å². The highest BCUT2D eigenvalue weighted by Gasteiger charge is 2.45. The van der Waals surface area contributed by atoms with Gasteiger partial charge in [-0.25, -0.2) is 5.06 Å². The number of hydrogen-bond donors (Lipinski definition) is 2. The van der Waals surface area contributed by atoms with E-state index >= 15 is 0 Å². The van der Waals surface area contributed by atoms with Crippen LogP contribution >= 0.6 is 0 Å². The van der Waals surface area contributed by atoms with Crippen LogP contribution in [0.2, 0.25) is 0 Å². The third-order valence-electron chi connectivity index (χ3n) is 5.11. The summed E-state index contributed by atoms with van der Waals surface area (Å²) in [6.07, 6.45) is 0.421. The number of benzene rings is 2. The van der Waals surface area contributed by atoms with Gasteiger partial charge in [0, 0.05) is 6.54 Å². The molecule has 32 heavy (non-hydrogen) atoms. The van der Waals surface area contributed by atoms with E-state index in [-0.39, 0.29) is 19.1 Å². The molecule has 0 spiro atoms. The Kier molecular flexibility index (Phi) is 7.83. The average molecular weight is 440 g/mol. The van der Waals surface area contributed by atoms with Gasteiger partial charge in [0.1, 0.15) is 18.4 Å². The summed E-state index contributed by atoms with van der Waals surface area (Å²) in [6, 6.07) is 14.4. The summed E-state index contributed by atoms with van der Waals surface area (Å²) in [5, 5.41) is 6.34. The maximum Gasteiger partial charge on any atom is 0.279 e. The van der Waals surface area contributed by atoms with Crippen LogP contribution in [0.5, 0.6) is 5.75 Å². The van der Waals surface area contributed by atoms with Crippen LogP contribution < -0.4 is 15.4 Å². The number of hydroxylamine groups is 2. The SMILES string of the molecule is COc1cccc(CNC(=O)C2NC(=O)C(CC(C)C)N(OCc3ccccc3)C2=O)c1. The molecule has 2 atom stereocenters. The topological polar surface area (TPSA) is 97.0 Å². The van der Waals surface area contributed by atoms with Crippen LogP contribution in [-0.2, 0) is 32.4 Å². The molecule has 0 saturated carbocycles. The van der Waals surface area contributed by atoms with Gasteiger partial charge >= 0.3 is 0 Å². The highest BCUT2D eigenvalue weighted by Crippen LogP contribution is 2.20. The maximum absolute atomic E-state index is 13.1. The van der Waals surface area contributed by atoms with E-state index in [4.69, 9.17) is 9.57 Å². The van der Waals surface area contributed by atoms with Gasteiger partial charge < -0.3 is 15.4 Å². The summed E-state index contributed by atoms with van der Waals surface area (Å²) in [4.78, 5) is 44.5. The van der Waals surface area contributed by atoms with Crippen LogP contribution in [0.1, 0.15) is 31.4 Å². The molecule has 3 amide bonds. The van der Waals surface area contributed by atoms with Crippen molar-refractivity contribution in [1.29, 1.82) is 0 Å². The van der Waals surface area contributed by atoms with Gasteiger partial charge in [0.05, 0.1) is 7.11 Å². The standard InChI is InChI=1S/C24H29N3O5/c1-16(2)12-20-22(28)26-21(23(29)25-14-18-10-7-11-19(13-18)31-3)24(30)27(20)32-15-17-8-5-4-6-9-17/h4-11,13,16,20-21H,12,14-15H2,1-3H3,(H,25,29)(H,26,28). The molecule has 8 heteroatoms. The molecule has 2 aromatic rings. The minimum Gasteiger partial charge on any atom is -0.497 e. The quantitative estimate of drug-likeness (QED) is 0.584. The Labute approximate surface area is 187 Å². The molecule has 0 aromatic heterocycles. The number of carbonyl (C=O) groups is 3. The van der Waals surface area contributed by atoms with Crippen molar-refractivity contribution in [3.05, 3.63) is 65.7 Å². The Balaban J connectivity index is 1.71. The zero-order chi connectivity index (χ0) is 23.1. The van der Waals surface area contributed by atoms with E-state index in [9.17, 15) is 14.4 Å². The molecule has 1 heterocycles. The summed E-state index contributed by atoms with van der Waals surface area (Å²) in [6.45, 7) is 4.22. The maximum atomic E-state index is 13.1. The second kappa shape index (κ2) is 10.8. The second-order valence-corrected chi connectivity index (χ2v) is 8.08. The fraction of sp³-hybridized carbons (Fsp3) is 0.375. The molecule has 0 bridgehead atoms. The fourth-order valence-electron chi connectivity index (χ4n) is 3.46. The molecule has 2 unspecified atom stereocenters. The largest absolute Gasteiger partial charge is 0.497 e. The van der Waals surface area contributed by atoms with Crippen LogP contribution in [0.3, 0.4) is 0 Å². The Bertz CT molecular complexity index is 948. The molecule has 0 aliphatic carbocycles. The number of methoxy groups -OCH3 is 1. The Hall–Kier alpha value is -3.39. The number of carbonyl (C=O) groups excluding carboxylic acids is 3. The number of ether oxygens (including phenoxy) is 1. The predicted octanol–water partition coefficient (Wildman–Crippen LogP) is 2.18. The van der Waals surface area contributed by atoms with Crippen molar-refractivity contribution in [2.45, 2.75) is 45.5 Å². The molecule has 2 aromatic carbocycles. The van der Waals surface area contributed by atoms with Crippen molar-refractivity contribution in [2.24, 2.45) is 5.92 Å². The first-order chi connectivity index (χ1) is 15.4. The smallest absolute Gasteiger partial charge is 0.279 e. The lowest BCUT2D eigenvalue weighted by Crippen LogP contribution is -2.67. The third-order valence-corrected chi connectivity index (χ3v) is 5.11. The van der Waals surface area contributed by atoms with Crippen molar-refractivity contribution in [3.63, 3.8) is 0 Å². The average Bonchev–Trinajstić information content (AvgIpc) is 2.80. The number of amides is 3. The van der Waals surface area contributed by atoms with E-state index in [0.29, 0.717) is 12.2 Å². The molecule has 1 aliphatic rings. The molecular formula is C24H29N3O5. The molecular weight excluding hydrogens is 410 g/mol. The fourth-order valence-corrected chi connectivity index (χ4v) is 3.46. The van der Waals surface area contributed by atoms with Crippen molar-refractivity contribution in [3.8, 4) is 5.75 Å². The molecule has 0 radical (unpaired) electrons. The Morgan fingerprint density at radius 2 is 1.81 bits per heavy atom. The van der Waals surface area contributed by atoms with Gasteiger partial charge in [-0.15, -0.1) is 0 Å². The first-order valence-corrected chi connectivity index (χ1v) is 10.6. The van der Waals surface area contributed by atoms with Gasteiger partial charge in [0.15, 0.2) is 6.04 Å². The minimum absolute atomic E-state index is 0.118. The van der Waals surface area contributed by atoms with Gasteiger partial charge in [0.25, 0.3) is 11.8 Å². The third kappa shape index (κ3) is 5.85.